The highest BCUT2D eigenvalue weighted by Crippen LogP contribution is 2.25. The van der Waals surface area contributed by atoms with Crippen LogP contribution in [0.2, 0.25) is 5.02 Å². The Morgan fingerprint density at radius 2 is 1.59 bits per heavy atom. The number of anilines is 4. The lowest BCUT2D eigenvalue weighted by Gasteiger charge is -2.36. The van der Waals surface area contributed by atoms with Crippen LogP contribution >= 0.6 is 11.6 Å². The van der Waals surface area contributed by atoms with Crippen LogP contribution in [0.1, 0.15) is 0 Å². The highest BCUT2D eigenvalue weighted by Gasteiger charge is 2.21. The first kappa shape index (κ1) is 17.5. The van der Waals surface area contributed by atoms with Crippen molar-refractivity contribution < 1.29 is 4.39 Å². The van der Waals surface area contributed by atoms with Crippen molar-refractivity contribution in [1.82, 2.24) is 9.97 Å². The van der Waals surface area contributed by atoms with Gasteiger partial charge in [-0.2, -0.15) is 4.98 Å². The fraction of sp³-hybridized carbons (Fsp3) is 0.200. The molecule has 4 rings (SSSR count). The third-order valence-corrected chi connectivity index (χ3v) is 4.86. The minimum atomic E-state index is -0.187. The molecule has 2 heterocycles. The van der Waals surface area contributed by atoms with E-state index in [0.29, 0.717) is 35.6 Å². The summed E-state index contributed by atoms with van der Waals surface area (Å²) in [5.74, 6) is 1.15. The largest absolute Gasteiger partial charge is 0.366 e. The number of para-hydroxylation sites is 2. The normalized spacial score (nSPS) is 14.3. The van der Waals surface area contributed by atoms with Gasteiger partial charge < -0.3 is 15.1 Å². The minimum absolute atomic E-state index is 0.187. The van der Waals surface area contributed by atoms with Crippen molar-refractivity contribution in [3.8, 4) is 0 Å². The first-order chi connectivity index (χ1) is 13.2. The molecule has 1 aliphatic heterocycles. The summed E-state index contributed by atoms with van der Waals surface area (Å²) in [5, 5.41) is 3.86. The van der Waals surface area contributed by atoms with Gasteiger partial charge in [-0.25, -0.2) is 9.37 Å². The number of nitrogens with zero attached hydrogens (tertiary/aromatic N) is 4. The molecular formula is C20H19ClFN5. The maximum Gasteiger partial charge on any atom is 0.227 e. The summed E-state index contributed by atoms with van der Waals surface area (Å²) in [6.45, 7) is 2.88. The van der Waals surface area contributed by atoms with Crippen LogP contribution in [0.25, 0.3) is 0 Å². The van der Waals surface area contributed by atoms with Crippen LogP contribution in [0.5, 0.6) is 0 Å². The quantitative estimate of drug-likeness (QED) is 0.726. The summed E-state index contributed by atoms with van der Waals surface area (Å²) >= 11 is 6.20. The molecule has 0 spiro atoms. The molecule has 5 nitrogen and oxygen atoms in total. The van der Waals surface area contributed by atoms with Crippen molar-refractivity contribution in [3.63, 3.8) is 0 Å². The topological polar surface area (TPSA) is 44.3 Å². The van der Waals surface area contributed by atoms with Gasteiger partial charge >= 0.3 is 0 Å². The smallest absolute Gasteiger partial charge is 0.227 e. The van der Waals surface area contributed by atoms with Crippen molar-refractivity contribution >= 4 is 34.7 Å². The zero-order valence-electron chi connectivity index (χ0n) is 14.6. The summed E-state index contributed by atoms with van der Waals surface area (Å²) in [7, 11) is 0. The van der Waals surface area contributed by atoms with Crippen LogP contribution < -0.4 is 15.1 Å². The predicted molar refractivity (Wildman–Crippen MR) is 108 cm³/mol. The zero-order valence-corrected chi connectivity index (χ0v) is 15.4. The molecule has 1 fully saturated rings. The van der Waals surface area contributed by atoms with Crippen LogP contribution in [0.4, 0.5) is 27.5 Å². The summed E-state index contributed by atoms with van der Waals surface area (Å²) in [5.41, 5.74) is 1.44. The second-order valence-corrected chi connectivity index (χ2v) is 6.68. The van der Waals surface area contributed by atoms with Crippen LogP contribution in [0.3, 0.4) is 0 Å². The number of aromatic nitrogens is 2. The van der Waals surface area contributed by atoms with Crippen molar-refractivity contribution in [3.05, 3.63) is 71.6 Å². The summed E-state index contributed by atoms with van der Waals surface area (Å²) in [4.78, 5) is 13.2. The van der Waals surface area contributed by atoms with E-state index >= 15 is 0 Å². The number of halogens is 2. The van der Waals surface area contributed by atoms with Gasteiger partial charge in [0, 0.05) is 32.4 Å². The molecule has 1 aromatic heterocycles. The third kappa shape index (κ3) is 3.95. The van der Waals surface area contributed by atoms with E-state index < -0.39 is 0 Å². The van der Waals surface area contributed by atoms with Crippen molar-refractivity contribution in [1.29, 1.82) is 0 Å². The van der Waals surface area contributed by atoms with Crippen molar-refractivity contribution in [2.24, 2.45) is 0 Å². The Hall–Kier alpha value is -2.86. The number of rotatable bonds is 4. The molecule has 27 heavy (non-hydrogen) atoms. The first-order valence-electron chi connectivity index (χ1n) is 8.80. The van der Waals surface area contributed by atoms with Gasteiger partial charge in [-0.15, -0.1) is 0 Å². The average Bonchev–Trinajstić information content (AvgIpc) is 2.71. The number of hydrogen-bond donors (Lipinski definition) is 1. The van der Waals surface area contributed by atoms with Gasteiger partial charge in [0.2, 0.25) is 5.95 Å². The number of hydrogen-bond acceptors (Lipinski definition) is 5. The standard InChI is InChI=1S/C20H19ClFN5/c21-15-5-1-3-7-17(15)24-19-9-10-23-20(25-19)27-13-11-26(12-14-27)18-8-4-2-6-16(18)22/h1-10H,11-14H2,(H,23,24,25). The Morgan fingerprint density at radius 1 is 0.889 bits per heavy atom. The Labute approximate surface area is 162 Å². The molecule has 0 amide bonds. The monoisotopic (exact) mass is 383 g/mol. The number of benzene rings is 2. The fourth-order valence-corrected chi connectivity index (χ4v) is 3.31. The van der Waals surface area contributed by atoms with Gasteiger partial charge in [0.1, 0.15) is 11.6 Å². The van der Waals surface area contributed by atoms with Gasteiger partial charge in [0.25, 0.3) is 0 Å². The molecule has 1 aliphatic rings. The maximum atomic E-state index is 14.0. The van der Waals surface area contributed by atoms with E-state index in [4.69, 9.17) is 11.6 Å². The molecule has 2 aromatic carbocycles. The summed E-state index contributed by atoms with van der Waals surface area (Å²) in [6.07, 6.45) is 1.73. The lowest BCUT2D eigenvalue weighted by atomic mass is 10.2. The molecule has 0 saturated carbocycles. The lowest BCUT2D eigenvalue weighted by molar-refractivity contribution is 0.594. The van der Waals surface area contributed by atoms with E-state index in [1.807, 2.05) is 42.5 Å². The molecule has 1 saturated heterocycles. The number of piperazine rings is 1. The van der Waals surface area contributed by atoms with Crippen LogP contribution in [0.15, 0.2) is 60.8 Å². The average molecular weight is 384 g/mol. The molecule has 0 radical (unpaired) electrons. The maximum absolute atomic E-state index is 14.0. The lowest BCUT2D eigenvalue weighted by Crippen LogP contribution is -2.47. The molecule has 0 atom stereocenters. The van der Waals surface area contributed by atoms with Crippen LogP contribution in [0, 0.1) is 5.82 Å². The number of nitrogens with one attached hydrogen (secondary N) is 1. The Balaban J connectivity index is 1.44. The van der Waals surface area contributed by atoms with Gasteiger partial charge in [-0.05, 0) is 30.3 Å². The molecule has 3 aromatic rings. The third-order valence-electron chi connectivity index (χ3n) is 4.54. The molecule has 7 heteroatoms. The second-order valence-electron chi connectivity index (χ2n) is 6.27. The van der Waals surface area contributed by atoms with Gasteiger partial charge in [0.15, 0.2) is 0 Å². The van der Waals surface area contributed by atoms with Gasteiger partial charge in [0.05, 0.1) is 16.4 Å². The van der Waals surface area contributed by atoms with E-state index in [2.05, 4.69) is 25.1 Å². The van der Waals surface area contributed by atoms with Crippen molar-refractivity contribution in [2.75, 3.05) is 41.3 Å². The highest BCUT2D eigenvalue weighted by molar-refractivity contribution is 6.33. The fourth-order valence-electron chi connectivity index (χ4n) is 3.13. The summed E-state index contributed by atoms with van der Waals surface area (Å²) < 4.78 is 14.0. The molecule has 0 unspecified atom stereocenters. The van der Waals surface area contributed by atoms with E-state index in [-0.39, 0.29) is 5.82 Å². The van der Waals surface area contributed by atoms with E-state index in [1.165, 1.54) is 6.07 Å². The van der Waals surface area contributed by atoms with E-state index in [1.54, 1.807) is 12.3 Å². The van der Waals surface area contributed by atoms with Crippen LogP contribution in [-0.2, 0) is 0 Å². The van der Waals surface area contributed by atoms with Gasteiger partial charge in [-0.1, -0.05) is 35.9 Å². The van der Waals surface area contributed by atoms with Crippen molar-refractivity contribution in [2.45, 2.75) is 0 Å². The molecule has 0 aliphatic carbocycles. The molecule has 1 N–H and O–H groups in total. The molecule has 0 bridgehead atoms. The Bertz CT molecular complexity index is 928. The SMILES string of the molecule is Fc1ccccc1N1CCN(c2nccc(Nc3ccccc3Cl)n2)CC1. The van der Waals surface area contributed by atoms with Crippen LogP contribution in [-0.4, -0.2) is 36.1 Å². The zero-order chi connectivity index (χ0) is 18.6. The minimum Gasteiger partial charge on any atom is -0.366 e. The summed E-state index contributed by atoms with van der Waals surface area (Å²) in [6, 6.07) is 16.2. The predicted octanol–water partition coefficient (Wildman–Crippen LogP) is 4.34. The highest BCUT2D eigenvalue weighted by atomic mass is 35.5. The van der Waals surface area contributed by atoms with Gasteiger partial charge in [-0.3, -0.25) is 0 Å². The molecule has 138 valence electrons. The second kappa shape index (κ2) is 7.80. The van der Waals surface area contributed by atoms with E-state index in [0.717, 1.165) is 18.8 Å². The molecular weight excluding hydrogens is 365 g/mol. The van der Waals surface area contributed by atoms with E-state index in [9.17, 15) is 4.39 Å². The Kier molecular flexibility index (Phi) is 5.07. The first-order valence-corrected chi connectivity index (χ1v) is 9.17. The Morgan fingerprint density at radius 3 is 2.37 bits per heavy atom.